The summed E-state index contributed by atoms with van der Waals surface area (Å²) < 4.78 is 2.57. The number of hydrogen-bond acceptors (Lipinski definition) is 3. The lowest BCUT2D eigenvalue weighted by Gasteiger charge is -2.03. The molecule has 0 aliphatic carbocycles. The maximum Gasteiger partial charge on any atom is 0.296 e. The van der Waals surface area contributed by atoms with E-state index in [9.17, 15) is 4.91 Å². The van der Waals surface area contributed by atoms with Crippen LogP contribution in [0.2, 0.25) is 0 Å². The van der Waals surface area contributed by atoms with Crippen LogP contribution < -0.4 is 0 Å². The van der Waals surface area contributed by atoms with Crippen LogP contribution in [0.5, 0.6) is 0 Å². The summed E-state index contributed by atoms with van der Waals surface area (Å²) in [6.45, 7) is 2.45. The third-order valence-electron chi connectivity index (χ3n) is 2.83. The first-order valence-electron chi connectivity index (χ1n) is 5.54. The van der Waals surface area contributed by atoms with Crippen LogP contribution in [-0.2, 0) is 6.54 Å². The minimum Gasteiger partial charge on any atom is -0.258 e. The molecular weight excluding hydrogens is 228 g/mol. The van der Waals surface area contributed by atoms with E-state index in [2.05, 4.69) is 11.2 Å². The van der Waals surface area contributed by atoms with E-state index in [1.807, 2.05) is 19.1 Å². The van der Waals surface area contributed by atoms with Crippen LogP contribution in [-0.4, -0.2) is 21.6 Å². The summed E-state index contributed by atoms with van der Waals surface area (Å²) in [7, 11) is 1.45. The Balaban J connectivity index is 2.23. The molecule has 0 atom stereocenters. The molecule has 5 nitrogen and oxygen atoms in total. The van der Waals surface area contributed by atoms with Gasteiger partial charge in [-0.3, -0.25) is 4.68 Å². The zero-order chi connectivity index (χ0) is 13.1. The van der Waals surface area contributed by atoms with Crippen molar-refractivity contribution >= 4 is 5.69 Å². The van der Waals surface area contributed by atoms with Crippen molar-refractivity contribution < 1.29 is 4.76 Å². The molecule has 0 aliphatic heterocycles. The summed E-state index contributed by atoms with van der Waals surface area (Å²) in [5.41, 5.74) is 3.08. The molecule has 0 aliphatic rings. The van der Waals surface area contributed by atoms with Crippen molar-refractivity contribution in [1.29, 1.82) is 5.26 Å². The normalized spacial score (nSPS) is 10.1. The van der Waals surface area contributed by atoms with E-state index in [4.69, 9.17) is 5.26 Å². The van der Waals surface area contributed by atoms with E-state index in [0.29, 0.717) is 17.8 Å². The molecule has 18 heavy (non-hydrogen) atoms. The van der Waals surface area contributed by atoms with E-state index >= 15 is 0 Å². The van der Waals surface area contributed by atoms with Gasteiger partial charge in [-0.25, -0.2) is 0 Å². The molecule has 0 N–H and O–H groups in total. The zero-order valence-corrected chi connectivity index (χ0v) is 10.3. The van der Waals surface area contributed by atoms with Crippen LogP contribution in [0.4, 0.5) is 5.69 Å². The third-order valence-corrected chi connectivity index (χ3v) is 2.83. The van der Waals surface area contributed by atoms with E-state index in [1.54, 1.807) is 23.0 Å². The molecule has 0 saturated heterocycles. The summed E-state index contributed by atoms with van der Waals surface area (Å²) in [5, 5.41) is 12.9. The predicted molar refractivity (Wildman–Crippen MR) is 66.4 cm³/mol. The van der Waals surface area contributed by atoms with Crippen LogP contribution in [0.15, 0.2) is 30.5 Å². The lowest BCUT2D eigenvalue weighted by molar-refractivity contribution is -0.428. The van der Waals surface area contributed by atoms with Gasteiger partial charge in [-0.15, -0.1) is 0 Å². The Bertz CT molecular complexity index is 619. The van der Waals surface area contributed by atoms with Gasteiger partial charge in [0.25, 0.3) is 5.69 Å². The van der Waals surface area contributed by atoms with Gasteiger partial charge in [-0.05, 0) is 24.6 Å². The summed E-state index contributed by atoms with van der Waals surface area (Å²) in [5.74, 6) is 0. The molecule has 1 heterocycles. The molecule has 0 unspecified atom stereocenters. The van der Waals surface area contributed by atoms with Crippen LogP contribution in [0, 0.1) is 23.2 Å². The Morgan fingerprint density at radius 2 is 2.06 bits per heavy atom. The number of nitroso groups, excluding NO2 is 1. The van der Waals surface area contributed by atoms with E-state index in [0.717, 1.165) is 16.0 Å². The number of nitrogens with zero attached hydrogens (tertiary/aromatic N) is 4. The molecule has 90 valence electrons. The molecule has 0 amide bonds. The van der Waals surface area contributed by atoms with Gasteiger partial charge in [-0.2, -0.15) is 10.4 Å². The Morgan fingerprint density at radius 3 is 2.56 bits per heavy atom. The second kappa shape index (κ2) is 4.80. The first-order chi connectivity index (χ1) is 8.61. The molecule has 5 heteroatoms. The fraction of sp³-hybridized carbons (Fsp3) is 0.231. The Morgan fingerprint density at radius 1 is 1.39 bits per heavy atom. The topological polar surface area (TPSA) is 61.7 Å². The van der Waals surface area contributed by atoms with Gasteiger partial charge >= 0.3 is 0 Å². The Kier molecular flexibility index (Phi) is 3.20. The number of nitriles is 1. The van der Waals surface area contributed by atoms with E-state index < -0.39 is 0 Å². The average Bonchev–Trinajstić information content (AvgIpc) is 2.72. The van der Waals surface area contributed by atoms with Crippen molar-refractivity contribution in [2.75, 3.05) is 7.05 Å². The van der Waals surface area contributed by atoms with E-state index in [1.165, 1.54) is 7.05 Å². The van der Waals surface area contributed by atoms with Crippen molar-refractivity contribution in [1.82, 2.24) is 9.78 Å². The van der Waals surface area contributed by atoms with Crippen LogP contribution in [0.1, 0.15) is 16.8 Å². The molecule has 1 aromatic heterocycles. The third kappa shape index (κ3) is 2.28. The second-order valence-corrected chi connectivity index (χ2v) is 4.08. The molecule has 0 fully saturated rings. The molecule has 0 saturated carbocycles. The van der Waals surface area contributed by atoms with Gasteiger partial charge in [0.1, 0.15) is 11.9 Å². The van der Waals surface area contributed by atoms with Crippen molar-refractivity contribution in [3.63, 3.8) is 0 Å². The van der Waals surface area contributed by atoms with Crippen LogP contribution in [0.25, 0.3) is 0 Å². The first-order valence-corrected chi connectivity index (χ1v) is 5.54. The quantitative estimate of drug-likeness (QED) is 0.773. The number of aromatic nitrogens is 2. The second-order valence-electron chi connectivity index (χ2n) is 4.08. The fourth-order valence-corrected chi connectivity index (χ4v) is 1.76. The molecule has 2 rings (SSSR count). The lowest BCUT2D eigenvalue weighted by Crippen LogP contribution is -2.04. The van der Waals surface area contributed by atoms with Crippen LogP contribution in [0.3, 0.4) is 0 Å². The highest BCUT2D eigenvalue weighted by Crippen LogP contribution is 2.17. The standard InChI is InChI=1S/C13H13N4O/c1-10-13(16(2)18)8-15-17(10)9-12-5-3-11(7-14)4-6-12/h3-6,8H,9H2,1-2H3/q+1. The monoisotopic (exact) mass is 241 g/mol. The fourth-order valence-electron chi connectivity index (χ4n) is 1.76. The predicted octanol–water partition coefficient (Wildman–Crippen LogP) is 2.15. The van der Waals surface area contributed by atoms with Gasteiger partial charge in [0.2, 0.25) is 0 Å². The molecule has 0 radical (unpaired) electrons. The highest BCUT2D eigenvalue weighted by Gasteiger charge is 2.16. The van der Waals surface area contributed by atoms with Crippen LogP contribution >= 0.6 is 0 Å². The molecular formula is C13H13N4O+. The average molecular weight is 241 g/mol. The summed E-state index contributed by atoms with van der Waals surface area (Å²) in [6.07, 6.45) is 1.56. The molecule has 0 spiro atoms. The zero-order valence-electron chi connectivity index (χ0n) is 10.3. The molecule has 2 aromatic rings. The summed E-state index contributed by atoms with van der Waals surface area (Å²) in [4.78, 5) is 11.2. The molecule has 1 aromatic carbocycles. The van der Waals surface area contributed by atoms with Crippen molar-refractivity contribution in [2.45, 2.75) is 13.5 Å². The summed E-state index contributed by atoms with van der Waals surface area (Å²) >= 11 is 0. The smallest absolute Gasteiger partial charge is 0.258 e. The van der Waals surface area contributed by atoms with Gasteiger partial charge in [0, 0.05) is 9.67 Å². The maximum absolute atomic E-state index is 11.2. The van der Waals surface area contributed by atoms with Crippen molar-refractivity contribution in [3.05, 3.63) is 52.2 Å². The van der Waals surface area contributed by atoms with Gasteiger partial charge in [-0.1, -0.05) is 12.1 Å². The molecule has 0 bridgehead atoms. The number of rotatable bonds is 3. The number of benzene rings is 1. The number of hydrogen-bond donors (Lipinski definition) is 0. The Hall–Kier alpha value is -2.48. The minimum atomic E-state index is 0.573. The van der Waals surface area contributed by atoms with E-state index in [-0.39, 0.29) is 0 Å². The SMILES string of the molecule is Cc1c([N+](C)=O)cnn1Cc1ccc(C#N)cc1. The lowest BCUT2D eigenvalue weighted by atomic mass is 10.1. The van der Waals surface area contributed by atoms with Gasteiger partial charge in [0.15, 0.2) is 7.05 Å². The highest BCUT2D eigenvalue weighted by molar-refractivity contribution is 5.34. The first kappa shape index (κ1) is 12.0. The maximum atomic E-state index is 11.2. The largest absolute Gasteiger partial charge is 0.296 e. The summed E-state index contributed by atoms with van der Waals surface area (Å²) in [6, 6.07) is 9.40. The minimum absolute atomic E-state index is 0.573. The van der Waals surface area contributed by atoms with Crippen molar-refractivity contribution in [3.8, 4) is 6.07 Å². The van der Waals surface area contributed by atoms with Gasteiger partial charge < -0.3 is 0 Å². The van der Waals surface area contributed by atoms with Gasteiger partial charge in [0.05, 0.1) is 18.2 Å². The van der Waals surface area contributed by atoms with Crippen molar-refractivity contribution in [2.24, 2.45) is 0 Å². The highest BCUT2D eigenvalue weighted by atomic mass is 16.3. The Labute approximate surface area is 105 Å².